The number of carbonyl (C=O) groups is 5. The molecule has 1 aromatic heterocycles. The molecule has 43 heavy (non-hydrogen) atoms. The molecule has 0 spiro atoms. The number of amides is 3. The molecule has 1 saturated heterocycles. The van der Waals surface area contributed by atoms with Gasteiger partial charge in [-0.2, -0.15) is 0 Å². The van der Waals surface area contributed by atoms with Crippen molar-refractivity contribution < 1.29 is 49.2 Å². The number of benzene rings is 1. The largest absolute Gasteiger partial charge is 0.504 e. The summed E-state index contributed by atoms with van der Waals surface area (Å²) in [5.41, 5.74) is 5.29. The second kappa shape index (κ2) is 12.8. The second-order valence-corrected chi connectivity index (χ2v) is 11.3. The number of carboxylic acid groups (broad SMARTS) is 2. The van der Waals surface area contributed by atoms with Crippen LogP contribution >= 0.6 is 34.7 Å². The van der Waals surface area contributed by atoms with Crippen LogP contribution in [0.5, 0.6) is 11.5 Å². The van der Waals surface area contributed by atoms with Gasteiger partial charge in [0.1, 0.15) is 29.4 Å². The Labute approximate surface area is 255 Å². The number of nitrogens with two attached hydrogens (primary N) is 1. The van der Waals surface area contributed by atoms with E-state index in [1.54, 1.807) is 6.92 Å². The summed E-state index contributed by atoms with van der Waals surface area (Å²) in [5.74, 6) is -6.42. The van der Waals surface area contributed by atoms with Crippen LogP contribution in [0, 0.1) is 0 Å². The molecule has 19 heteroatoms. The first-order chi connectivity index (χ1) is 20.3. The van der Waals surface area contributed by atoms with E-state index in [4.69, 9.17) is 22.2 Å². The fraction of sp³-hybridized carbons (Fsp3) is 0.292. The molecule has 2 aliphatic heterocycles. The van der Waals surface area contributed by atoms with Gasteiger partial charge >= 0.3 is 11.9 Å². The molecule has 1 aromatic carbocycles. The minimum absolute atomic E-state index is 0.0541. The Morgan fingerprint density at radius 1 is 1.28 bits per heavy atom. The zero-order valence-corrected chi connectivity index (χ0v) is 24.3. The van der Waals surface area contributed by atoms with Crippen molar-refractivity contribution in [1.29, 1.82) is 0 Å². The van der Waals surface area contributed by atoms with Crippen LogP contribution in [0.2, 0.25) is 5.02 Å². The lowest BCUT2D eigenvalue weighted by molar-refractivity contribution is -0.150. The van der Waals surface area contributed by atoms with Crippen LogP contribution in [-0.4, -0.2) is 95.5 Å². The summed E-state index contributed by atoms with van der Waals surface area (Å²) in [6.45, 7) is 0.985. The summed E-state index contributed by atoms with van der Waals surface area (Å²) in [5, 5.41) is 47.0. The van der Waals surface area contributed by atoms with Crippen LogP contribution in [0.4, 0.5) is 5.13 Å². The Morgan fingerprint density at radius 3 is 2.60 bits per heavy atom. The molecule has 3 atom stereocenters. The molecule has 1 fully saturated rings. The molecule has 0 aliphatic carbocycles. The monoisotopic (exact) mass is 654 g/mol. The van der Waals surface area contributed by atoms with Gasteiger partial charge in [0, 0.05) is 11.1 Å². The lowest BCUT2D eigenvalue weighted by Gasteiger charge is -2.49. The van der Waals surface area contributed by atoms with Crippen molar-refractivity contribution in [2.45, 2.75) is 30.8 Å². The molecule has 0 unspecified atom stereocenters. The molecule has 8 N–H and O–H groups in total. The number of thiazole rings is 1. The summed E-state index contributed by atoms with van der Waals surface area (Å²) in [7, 11) is 0. The van der Waals surface area contributed by atoms with E-state index in [2.05, 4.69) is 20.8 Å². The number of aliphatic carboxylic acids is 2. The van der Waals surface area contributed by atoms with Crippen LogP contribution < -0.4 is 16.4 Å². The van der Waals surface area contributed by atoms with E-state index in [-0.39, 0.29) is 22.1 Å². The van der Waals surface area contributed by atoms with Gasteiger partial charge in [0.2, 0.25) is 0 Å². The van der Waals surface area contributed by atoms with Crippen molar-refractivity contribution in [2.24, 2.45) is 5.16 Å². The number of halogens is 1. The molecule has 0 radical (unpaired) electrons. The minimum Gasteiger partial charge on any atom is -0.504 e. The third kappa shape index (κ3) is 6.30. The molecule has 228 valence electrons. The summed E-state index contributed by atoms with van der Waals surface area (Å²) in [6, 6.07) is -0.770. The molecule has 3 amide bonds. The van der Waals surface area contributed by atoms with Crippen molar-refractivity contribution in [3.8, 4) is 11.5 Å². The van der Waals surface area contributed by atoms with Gasteiger partial charge in [-0.15, -0.1) is 23.1 Å². The Hall–Kier alpha value is -4.55. The standard InChI is InChI=1S/C24H23ClN6O10S2/c1-2-8-6-42-21-15(20(36)31(21)16(8)23(39)40)29-19(35)14(11-7-43-24(26)28-11)30-41-5-10(22(37)38)27-18(34)9-3-4-12(32)17(33)13(9)25/h3-4,7,10,15,21,32-33H,2,5-6H2,1H3,(H2,26,28)(H,27,34)(H,29,35)(H,37,38)(H,39,40)/b30-14-/t10-,15+,21+/m0/s1. The first-order valence-corrected chi connectivity index (χ1v) is 14.5. The van der Waals surface area contributed by atoms with E-state index in [9.17, 15) is 44.4 Å². The second-order valence-electron chi connectivity index (χ2n) is 8.94. The van der Waals surface area contributed by atoms with Gasteiger partial charge in [-0.1, -0.05) is 23.7 Å². The number of carbonyl (C=O) groups excluding carboxylic acids is 3. The predicted molar refractivity (Wildman–Crippen MR) is 153 cm³/mol. The van der Waals surface area contributed by atoms with Gasteiger partial charge in [-0.05, 0) is 24.1 Å². The highest BCUT2D eigenvalue weighted by Crippen LogP contribution is 2.41. The number of oxime groups is 1. The number of phenols is 2. The third-order valence-electron chi connectivity index (χ3n) is 6.28. The predicted octanol–water partition coefficient (Wildman–Crippen LogP) is 0.542. The van der Waals surface area contributed by atoms with E-state index < -0.39 is 76.0 Å². The highest BCUT2D eigenvalue weighted by atomic mass is 35.5. The number of hydrogen-bond donors (Lipinski definition) is 7. The van der Waals surface area contributed by atoms with Crippen LogP contribution in [0.15, 0.2) is 33.9 Å². The van der Waals surface area contributed by atoms with Crippen molar-refractivity contribution in [3.05, 3.63) is 45.1 Å². The number of thioether (sulfide) groups is 1. The van der Waals surface area contributed by atoms with E-state index in [1.165, 1.54) is 17.1 Å². The topological polar surface area (TPSA) is 254 Å². The average molecular weight is 655 g/mol. The molecular formula is C24H23ClN6O10S2. The normalized spacial score (nSPS) is 18.8. The molecule has 2 aliphatic rings. The van der Waals surface area contributed by atoms with E-state index in [1.807, 2.05) is 0 Å². The summed E-state index contributed by atoms with van der Waals surface area (Å²) < 4.78 is 0. The maximum Gasteiger partial charge on any atom is 0.352 e. The molecule has 4 rings (SSSR count). The van der Waals surface area contributed by atoms with Gasteiger partial charge in [0.25, 0.3) is 17.7 Å². The Morgan fingerprint density at radius 2 is 2.00 bits per heavy atom. The van der Waals surface area contributed by atoms with Gasteiger partial charge in [0.15, 0.2) is 28.4 Å². The minimum atomic E-state index is -1.72. The van der Waals surface area contributed by atoms with Gasteiger partial charge in [-0.25, -0.2) is 14.6 Å². The van der Waals surface area contributed by atoms with E-state index in [0.29, 0.717) is 17.7 Å². The summed E-state index contributed by atoms with van der Waals surface area (Å²) in [6.07, 6.45) is 0.434. The number of nitrogen functional groups attached to an aromatic ring is 1. The average Bonchev–Trinajstić information content (AvgIpc) is 3.40. The van der Waals surface area contributed by atoms with Gasteiger partial charge in [-0.3, -0.25) is 19.3 Å². The number of aromatic hydroxyl groups is 2. The number of hydrogen-bond acceptors (Lipinski definition) is 13. The van der Waals surface area contributed by atoms with Crippen molar-refractivity contribution in [2.75, 3.05) is 18.1 Å². The lowest BCUT2D eigenvalue weighted by Crippen LogP contribution is -2.71. The highest BCUT2D eigenvalue weighted by Gasteiger charge is 2.54. The molecule has 16 nitrogen and oxygen atoms in total. The maximum absolute atomic E-state index is 13.2. The zero-order chi connectivity index (χ0) is 31.6. The first kappa shape index (κ1) is 31.4. The first-order valence-electron chi connectivity index (χ1n) is 12.2. The number of fused-ring (bicyclic) bond motifs is 1. The number of β-lactam (4-membered cyclic amide) rings is 1. The van der Waals surface area contributed by atoms with E-state index >= 15 is 0 Å². The van der Waals surface area contributed by atoms with Crippen molar-refractivity contribution >= 4 is 75.2 Å². The van der Waals surface area contributed by atoms with E-state index in [0.717, 1.165) is 28.4 Å². The van der Waals surface area contributed by atoms with Crippen molar-refractivity contribution in [1.82, 2.24) is 20.5 Å². The highest BCUT2D eigenvalue weighted by molar-refractivity contribution is 8.00. The number of nitrogens with zero attached hydrogens (tertiary/aromatic N) is 3. The van der Waals surface area contributed by atoms with Crippen molar-refractivity contribution in [3.63, 3.8) is 0 Å². The molecule has 2 aromatic rings. The van der Waals surface area contributed by atoms with Crippen LogP contribution in [0.3, 0.4) is 0 Å². The summed E-state index contributed by atoms with van der Waals surface area (Å²) in [4.78, 5) is 72.5. The number of aromatic nitrogens is 1. The molecule has 0 bridgehead atoms. The van der Waals surface area contributed by atoms with Crippen LogP contribution in [-0.2, 0) is 24.0 Å². The van der Waals surface area contributed by atoms with Crippen LogP contribution in [0.1, 0.15) is 29.4 Å². The third-order valence-corrected chi connectivity index (χ3v) is 8.68. The molecule has 3 heterocycles. The lowest BCUT2D eigenvalue weighted by atomic mass is 10.0. The number of nitrogens with one attached hydrogen (secondary N) is 2. The number of phenolic OH excluding ortho intramolecular Hbond substituents is 2. The Balaban J connectivity index is 1.49. The zero-order valence-electron chi connectivity index (χ0n) is 21.9. The number of carboxylic acids is 2. The maximum atomic E-state index is 13.2. The molecular weight excluding hydrogens is 632 g/mol. The van der Waals surface area contributed by atoms with Crippen LogP contribution in [0.25, 0.3) is 0 Å². The summed E-state index contributed by atoms with van der Waals surface area (Å²) >= 11 is 8.11. The van der Waals surface area contributed by atoms with Gasteiger partial charge < -0.3 is 41.6 Å². The smallest absolute Gasteiger partial charge is 0.352 e. The quantitative estimate of drug-likeness (QED) is 0.0757. The fourth-order valence-electron chi connectivity index (χ4n) is 4.08. The SMILES string of the molecule is CCC1=C(C(=O)O)N2C(=O)[C@@H](NC(=O)/C(=N\OC[C@H](NC(=O)c3ccc(O)c(O)c3Cl)C(=O)O)c3csc(N)n3)[C@H]2SC1. The number of rotatable bonds is 11. The Kier molecular flexibility index (Phi) is 9.31. The molecule has 0 saturated carbocycles. The van der Waals surface area contributed by atoms with Gasteiger partial charge in [0.05, 0.1) is 10.6 Å². The number of anilines is 1. The fourth-order valence-corrected chi connectivity index (χ4v) is 6.32. The Bertz CT molecular complexity index is 1580.